The van der Waals surface area contributed by atoms with Crippen LogP contribution >= 0.6 is 0 Å². The summed E-state index contributed by atoms with van der Waals surface area (Å²) in [6.07, 6.45) is -0.208. The lowest BCUT2D eigenvalue weighted by Gasteiger charge is -2.02. The molecule has 1 aliphatic heterocycles. The van der Waals surface area contributed by atoms with E-state index in [9.17, 15) is 15.1 Å². The average molecular weight is 193 g/mol. The highest BCUT2D eigenvalue weighted by atomic mass is 16.6. The van der Waals surface area contributed by atoms with Crippen molar-refractivity contribution in [3.63, 3.8) is 0 Å². The predicted octanol–water partition coefficient (Wildman–Crippen LogP) is 0.373. The zero-order valence-corrected chi connectivity index (χ0v) is 7.51. The maximum atomic E-state index is 10.5. The monoisotopic (exact) mass is 193 g/mol. The Kier molecular flexibility index (Phi) is 2.01. The summed E-state index contributed by atoms with van der Waals surface area (Å²) in [6.45, 7) is 1.79. The summed E-state index contributed by atoms with van der Waals surface area (Å²) < 4.78 is 5.10. The predicted molar refractivity (Wildman–Crippen MR) is 50.2 cm³/mol. The Bertz CT molecular complexity index is 395. The summed E-state index contributed by atoms with van der Waals surface area (Å²) in [7, 11) is -1.04. The van der Waals surface area contributed by atoms with Gasteiger partial charge < -0.3 is 9.68 Å². The van der Waals surface area contributed by atoms with Crippen LogP contribution in [0, 0.1) is 10.1 Å². The zero-order chi connectivity index (χ0) is 10.3. The van der Waals surface area contributed by atoms with Crippen LogP contribution in [0.1, 0.15) is 18.6 Å². The van der Waals surface area contributed by atoms with Gasteiger partial charge in [0, 0.05) is 12.1 Å². The van der Waals surface area contributed by atoms with Crippen molar-refractivity contribution < 1.29 is 14.6 Å². The molecule has 1 aromatic rings. The van der Waals surface area contributed by atoms with Crippen LogP contribution in [-0.2, 0) is 4.65 Å². The first kappa shape index (κ1) is 9.17. The Morgan fingerprint density at radius 3 is 3.00 bits per heavy atom. The van der Waals surface area contributed by atoms with Crippen LogP contribution in [0.4, 0.5) is 5.69 Å². The Hall–Kier alpha value is -1.40. The first-order valence-electron chi connectivity index (χ1n) is 4.21. The molecule has 0 aliphatic carbocycles. The summed E-state index contributed by atoms with van der Waals surface area (Å²) in [6, 6.07) is 4.38. The minimum Gasteiger partial charge on any atom is -0.423 e. The van der Waals surface area contributed by atoms with Crippen molar-refractivity contribution in [2.24, 2.45) is 0 Å². The molecule has 0 bridgehead atoms. The standard InChI is InChI=1S/C8H8BNO4/c1-5-7-3-2-6(10(12)13)4-8(7)9(11)14-5/h2-5,11H,1H3/t5-/m0/s1. The van der Waals surface area contributed by atoms with Gasteiger partial charge in [-0.05, 0) is 17.9 Å². The molecule has 72 valence electrons. The largest absolute Gasteiger partial charge is 0.492 e. The average Bonchev–Trinajstić information content (AvgIpc) is 2.42. The van der Waals surface area contributed by atoms with Crippen LogP contribution in [0.3, 0.4) is 0 Å². The summed E-state index contributed by atoms with van der Waals surface area (Å²) in [5.74, 6) is 0. The number of nitro groups is 1. The molecule has 2 rings (SSSR count). The minimum atomic E-state index is -1.04. The smallest absolute Gasteiger partial charge is 0.423 e. The molecule has 0 amide bonds. The van der Waals surface area contributed by atoms with Crippen molar-refractivity contribution >= 4 is 18.3 Å². The molecule has 1 N–H and O–H groups in total. The van der Waals surface area contributed by atoms with Gasteiger partial charge in [-0.25, -0.2) is 0 Å². The number of fused-ring (bicyclic) bond motifs is 1. The molecule has 6 heteroatoms. The van der Waals surface area contributed by atoms with Gasteiger partial charge in [0.05, 0.1) is 11.0 Å². The molecule has 0 radical (unpaired) electrons. The van der Waals surface area contributed by atoms with Crippen molar-refractivity contribution in [1.82, 2.24) is 0 Å². The number of non-ortho nitro benzene ring substituents is 1. The SMILES string of the molecule is C[C@@H]1OB(O)c2cc([N+](=O)[O-])ccc21. The molecule has 1 aromatic carbocycles. The van der Waals surface area contributed by atoms with E-state index in [1.165, 1.54) is 12.1 Å². The summed E-state index contributed by atoms with van der Waals surface area (Å²) in [5.41, 5.74) is 1.27. The Morgan fingerprint density at radius 2 is 2.36 bits per heavy atom. The fraction of sp³-hybridized carbons (Fsp3) is 0.250. The van der Waals surface area contributed by atoms with E-state index >= 15 is 0 Å². The Balaban J connectivity index is 2.50. The molecule has 0 saturated carbocycles. The summed E-state index contributed by atoms with van der Waals surface area (Å²) in [4.78, 5) is 9.98. The number of benzene rings is 1. The summed E-state index contributed by atoms with van der Waals surface area (Å²) in [5, 5.41) is 19.9. The van der Waals surface area contributed by atoms with Crippen molar-refractivity contribution in [1.29, 1.82) is 0 Å². The molecular formula is C8H8BNO4. The molecule has 5 nitrogen and oxygen atoms in total. The third kappa shape index (κ3) is 1.28. The fourth-order valence-corrected chi connectivity index (χ4v) is 1.60. The van der Waals surface area contributed by atoms with Crippen molar-refractivity contribution in [2.75, 3.05) is 0 Å². The van der Waals surface area contributed by atoms with Crippen LogP contribution in [0.15, 0.2) is 18.2 Å². The molecule has 1 aliphatic rings. The Labute approximate surface area is 80.6 Å². The fourth-order valence-electron chi connectivity index (χ4n) is 1.60. The molecule has 14 heavy (non-hydrogen) atoms. The van der Waals surface area contributed by atoms with Gasteiger partial charge in [-0.3, -0.25) is 10.1 Å². The van der Waals surface area contributed by atoms with Gasteiger partial charge in [0.15, 0.2) is 0 Å². The number of nitro benzene ring substituents is 1. The highest BCUT2D eigenvalue weighted by Gasteiger charge is 2.33. The number of hydrogen-bond donors (Lipinski definition) is 1. The molecule has 0 fully saturated rings. The van der Waals surface area contributed by atoms with E-state index in [-0.39, 0.29) is 11.8 Å². The lowest BCUT2D eigenvalue weighted by Crippen LogP contribution is -2.28. The van der Waals surface area contributed by atoms with Gasteiger partial charge in [0.25, 0.3) is 5.69 Å². The molecule has 0 saturated heterocycles. The molecular weight excluding hydrogens is 185 g/mol. The lowest BCUT2D eigenvalue weighted by atomic mass is 9.79. The van der Waals surface area contributed by atoms with Crippen LogP contribution in [0.25, 0.3) is 0 Å². The first-order chi connectivity index (χ1) is 6.59. The lowest BCUT2D eigenvalue weighted by molar-refractivity contribution is -0.384. The van der Waals surface area contributed by atoms with Crippen LogP contribution in [-0.4, -0.2) is 17.1 Å². The van der Waals surface area contributed by atoms with Gasteiger partial charge in [-0.15, -0.1) is 0 Å². The normalized spacial score (nSPS) is 19.6. The van der Waals surface area contributed by atoms with E-state index in [2.05, 4.69) is 0 Å². The van der Waals surface area contributed by atoms with Crippen molar-refractivity contribution in [2.45, 2.75) is 13.0 Å². The van der Waals surface area contributed by atoms with Crippen LogP contribution in [0.5, 0.6) is 0 Å². The molecule has 0 aromatic heterocycles. The zero-order valence-electron chi connectivity index (χ0n) is 7.51. The van der Waals surface area contributed by atoms with Gasteiger partial charge in [0.2, 0.25) is 0 Å². The number of nitrogens with zero attached hydrogens (tertiary/aromatic N) is 1. The van der Waals surface area contributed by atoms with Crippen molar-refractivity contribution in [3.8, 4) is 0 Å². The number of rotatable bonds is 1. The third-order valence-electron chi connectivity index (χ3n) is 2.32. The van der Waals surface area contributed by atoms with E-state index in [1.807, 2.05) is 0 Å². The van der Waals surface area contributed by atoms with Gasteiger partial charge >= 0.3 is 7.12 Å². The van der Waals surface area contributed by atoms with E-state index in [0.29, 0.717) is 5.46 Å². The van der Waals surface area contributed by atoms with Crippen LogP contribution in [0.2, 0.25) is 0 Å². The molecule has 0 spiro atoms. The maximum Gasteiger partial charge on any atom is 0.492 e. The molecule has 0 unspecified atom stereocenters. The Morgan fingerprint density at radius 1 is 1.64 bits per heavy atom. The highest BCUT2D eigenvalue weighted by molar-refractivity contribution is 6.61. The third-order valence-corrected chi connectivity index (χ3v) is 2.32. The minimum absolute atomic E-state index is 0.0273. The van der Waals surface area contributed by atoms with Crippen LogP contribution < -0.4 is 5.46 Å². The highest BCUT2D eigenvalue weighted by Crippen LogP contribution is 2.24. The first-order valence-corrected chi connectivity index (χ1v) is 4.21. The second kappa shape index (κ2) is 3.07. The van der Waals surface area contributed by atoms with Gasteiger partial charge in [-0.2, -0.15) is 0 Å². The maximum absolute atomic E-state index is 10.5. The van der Waals surface area contributed by atoms with E-state index in [0.717, 1.165) is 5.56 Å². The quantitative estimate of drug-likeness (QED) is 0.397. The van der Waals surface area contributed by atoms with E-state index in [4.69, 9.17) is 4.65 Å². The van der Waals surface area contributed by atoms with E-state index in [1.54, 1.807) is 13.0 Å². The molecule has 1 atom stereocenters. The second-order valence-corrected chi connectivity index (χ2v) is 3.20. The van der Waals surface area contributed by atoms with E-state index < -0.39 is 12.0 Å². The second-order valence-electron chi connectivity index (χ2n) is 3.20. The van der Waals surface area contributed by atoms with Gasteiger partial charge in [0.1, 0.15) is 0 Å². The number of hydrogen-bond acceptors (Lipinski definition) is 4. The summed E-state index contributed by atoms with van der Waals surface area (Å²) >= 11 is 0. The topological polar surface area (TPSA) is 72.6 Å². The van der Waals surface area contributed by atoms with Crippen molar-refractivity contribution in [3.05, 3.63) is 33.9 Å². The molecule has 1 heterocycles. The van der Waals surface area contributed by atoms with Gasteiger partial charge in [-0.1, -0.05) is 6.07 Å².